The Balaban J connectivity index is 1.93. The zero-order valence-corrected chi connectivity index (χ0v) is 15.9. The van der Waals surface area contributed by atoms with Gasteiger partial charge in [0.15, 0.2) is 5.41 Å². The molecule has 0 aliphatic heterocycles. The average molecular weight is 376 g/mol. The average Bonchev–Trinajstić information content (AvgIpc) is 2.79. The van der Waals surface area contributed by atoms with Gasteiger partial charge in [0.1, 0.15) is 6.07 Å². The Morgan fingerprint density at radius 2 is 1.45 bits per heavy atom. The first-order valence-corrected chi connectivity index (χ1v) is 9.69. The van der Waals surface area contributed by atoms with Crippen molar-refractivity contribution in [1.82, 2.24) is 0 Å². The van der Waals surface area contributed by atoms with Gasteiger partial charge in [-0.1, -0.05) is 66.7 Å². The van der Waals surface area contributed by atoms with E-state index in [0.29, 0.717) is 5.57 Å². The van der Waals surface area contributed by atoms with Gasteiger partial charge in [0.2, 0.25) is 0 Å². The first-order valence-electron chi connectivity index (χ1n) is 9.69. The van der Waals surface area contributed by atoms with E-state index in [9.17, 15) is 15.8 Å². The van der Waals surface area contributed by atoms with Gasteiger partial charge in [-0.15, -0.1) is 0 Å². The van der Waals surface area contributed by atoms with Crippen LogP contribution in [-0.2, 0) is 0 Å². The molecule has 29 heavy (non-hydrogen) atoms. The van der Waals surface area contributed by atoms with Crippen LogP contribution >= 0.6 is 0 Å². The Kier molecular flexibility index (Phi) is 4.67. The van der Waals surface area contributed by atoms with Gasteiger partial charge in [0, 0.05) is 5.92 Å². The minimum absolute atomic E-state index is 0.0829. The van der Waals surface area contributed by atoms with Crippen molar-refractivity contribution in [1.29, 1.82) is 15.8 Å². The number of rotatable bonds is 2. The van der Waals surface area contributed by atoms with Gasteiger partial charge < -0.3 is 5.73 Å². The molecule has 0 aromatic heterocycles. The summed E-state index contributed by atoms with van der Waals surface area (Å²) in [6.07, 6.45) is 3.66. The fourth-order valence-electron chi connectivity index (χ4n) is 4.92. The van der Waals surface area contributed by atoms with Crippen LogP contribution in [0.4, 0.5) is 0 Å². The van der Waals surface area contributed by atoms with Crippen molar-refractivity contribution in [3.63, 3.8) is 0 Å². The summed E-state index contributed by atoms with van der Waals surface area (Å²) in [6, 6.07) is 26.5. The Morgan fingerprint density at radius 1 is 0.862 bits per heavy atom. The summed E-state index contributed by atoms with van der Waals surface area (Å²) < 4.78 is 0. The summed E-state index contributed by atoms with van der Waals surface area (Å²) in [5, 5.41) is 30.0. The van der Waals surface area contributed by atoms with Gasteiger partial charge in [0.05, 0.1) is 23.4 Å². The third-order valence-corrected chi connectivity index (χ3v) is 6.31. The maximum atomic E-state index is 10.1. The Morgan fingerprint density at radius 3 is 2.00 bits per heavy atom. The second-order valence-electron chi connectivity index (χ2n) is 7.67. The molecule has 0 amide bonds. The van der Waals surface area contributed by atoms with Crippen molar-refractivity contribution in [3.05, 3.63) is 94.7 Å². The second-order valence-corrected chi connectivity index (χ2v) is 7.67. The molecule has 0 spiro atoms. The molecule has 140 valence electrons. The molecule has 2 aliphatic carbocycles. The van der Waals surface area contributed by atoms with E-state index < -0.39 is 11.3 Å². The van der Waals surface area contributed by atoms with E-state index in [2.05, 4.69) is 36.4 Å². The Labute approximate surface area is 170 Å². The molecule has 0 heterocycles. The number of hydrogen-bond donors (Lipinski definition) is 1. The quantitative estimate of drug-likeness (QED) is 0.823. The molecule has 4 nitrogen and oxygen atoms in total. The summed E-state index contributed by atoms with van der Waals surface area (Å²) in [4.78, 5) is 0. The third-order valence-electron chi connectivity index (χ3n) is 6.31. The van der Waals surface area contributed by atoms with E-state index in [-0.39, 0.29) is 17.5 Å². The van der Waals surface area contributed by atoms with Crippen molar-refractivity contribution in [2.45, 2.75) is 24.7 Å². The first-order chi connectivity index (χ1) is 14.2. The molecule has 4 heteroatoms. The second kappa shape index (κ2) is 7.31. The van der Waals surface area contributed by atoms with Crippen molar-refractivity contribution < 1.29 is 0 Å². The first kappa shape index (κ1) is 18.5. The standard InChI is InChI=1S/C25H20N4/c26-14-22-20-12-11-19(17-7-3-1-4-8-17)13-21(20)23(18-9-5-2-6-10-18)25(15-27,16-28)24(22)29/h1-10,12,19,21,23H,11,13,29H2/t19-,21+,23+/m1/s1. The molecule has 0 saturated carbocycles. The number of hydrogen-bond acceptors (Lipinski definition) is 4. The maximum absolute atomic E-state index is 10.1. The summed E-state index contributed by atoms with van der Waals surface area (Å²) in [6.45, 7) is 0. The predicted octanol–water partition coefficient (Wildman–Crippen LogP) is 4.67. The third kappa shape index (κ3) is 2.80. The van der Waals surface area contributed by atoms with E-state index >= 15 is 0 Å². The minimum Gasteiger partial charge on any atom is -0.399 e. The van der Waals surface area contributed by atoms with Crippen LogP contribution in [0.2, 0.25) is 0 Å². The largest absolute Gasteiger partial charge is 0.399 e. The van der Waals surface area contributed by atoms with Gasteiger partial charge in [-0.3, -0.25) is 0 Å². The molecule has 0 radical (unpaired) electrons. The lowest BCUT2D eigenvalue weighted by Gasteiger charge is -2.45. The highest BCUT2D eigenvalue weighted by Gasteiger charge is 2.54. The molecule has 2 aromatic carbocycles. The normalized spacial score (nSPS) is 25.0. The molecule has 2 aliphatic rings. The number of benzene rings is 2. The summed E-state index contributed by atoms with van der Waals surface area (Å²) in [7, 11) is 0. The molecule has 2 N–H and O–H groups in total. The monoisotopic (exact) mass is 376 g/mol. The van der Waals surface area contributed by atoms with Crippen LogP contribution in [0.5, 0.6) is 0 Å². The fraction of sp³-hybridized carbons (Fsp3) is 0.240. The predicted molar refractivity (Wildman–Crippen MR) is 110 cm³/mol. The maximum Gasteiger partial charge on any atom is 0.191 e. The smallest absolute Gasteiger partial charge is 0.191 e. The SMILES string of the molecule is N#CC1=C(N)C(C#N)(C#N)[C@@H](c2ccccc2)[C@H]2C[C@H](c3ccccc3)CC=C12. The van der Waals surface area contributed by atoms with Crippen LogP contribution in [0.3, 0.4) is 0 Å². The summed E-state index contributed by atoms with van der Waals surface area (Å²) in [5.41, 5.74) is 8.18. The Hall–Kier alpha value is -3.81. The van der Waals surface area contributed by atoms with Crippen LogP contribution in [-0.4, -0.2) is 0 Å². The van der Waals surface area contributed by atoms with E-state index in [0.717, 1.165) is 24.0 Å². The molecule has 4 rings (SSSR count). The lowest BCUT2D eigenvalue weighted by atomic mass is 9.55. The van der Waals surface area contributed by atoms with Crippen LogP contribution in [0.25, 0.3) is 0 Å². The van der Waals surface area contributed by atoms with Crippen molar-refractivity contribution >= 4 is 0 Å². The van der Waals surface area contributed by atoms with E-state index in [1.54, 1.807) is 0 Å². The Bertz CT molecular complexity index is 1090. The van der Waals surface area contributed by atoms with Gasteiger partial charge >= 0.3 is 0 Å². The number of fused-ring (bicyclic) bond motifs is 1. The van der Waals surface area contributed by atoms with Crippen molar-refractivity contribution in [3.8, 4) is 18.2 Å². The van der Waals surface area contributed by atoms with E-state index in [1.807, 2.05) is 48.5 Å². The summed E-state index contributed by atoms with van der Waals surface area (Å²) >= 11 is 0. The van der Waals surface area contributed by atoms with Crippen LogP contribution in [0.15, 0.2) is 83.6 Å². The summed E-state index contributed by atoms with van der Waals surface area (Å²) in [5.74, 6) is -0.281. The van der Waals surface area contributed by atoms with Gasteiger partial charge in [-0.25, -0.2) is 0 Å². The number of allylic oxidation sites excluding steroid dienone is 4. The zero-order valence-electron chi connectivity index (χ0n) is 15.9. The molecule has 0 fully saturated rings. The molecular formula is C25H20N4. The molecule has 0 saturated heterocycles. The number of nitrogens with two attached hydrogens (primary N) is 1. The highest BCUT2D eigenvalue weighted by Crippen LogP contribution is 2.57. The van der Waals surface area contributed by atoms with Crippen LogP contribution < -0.4 is 5.73 Å². The van der Waals surface area contributed by atoms with E-state index in [1.165, 1.54) is 5.56 Å². The fourth-order valence-corrected chi connectivity index (χ4v) is 4.92. The lowest BCUT2D eigenvalue weighted by molar-refractivity contribution is 0.303. The van der Waals surface area contributed by atoms with Gasteiger partial charge in [-0.2, -0.15) is 15.8 Å². The van der Waals surface area contributed by atoms with Gasteiger partial charge in [0.25, 0.3) is 0 Å². The van der Waals surface area contributed by atoms with Crippen molar-refractivity contribution in [2.75, 3.05) is 0 Å². The molecule has 0 unspecified atom stereocenters. The highest BCUT2D eigenvalue weighted by atomic mass is 14.7. The number of nitrogens with zero attached hydrogens (tertiary/aromatic N) is 3. The number of nitriles is 3. The molecular weight excluding hydrogens is 356 g/mol. The molecule has 3 atom stereocenters. The van der Waals surface area contributed by atoms with E-state index in [4.69, 9.17) is 5.73 Å². The molecule has 0 bridgehead atoms. The molecule has 2 aromatic rings. The van der Waals surface area contributed by atoms with Crippen LogP contribution in [0.1, 0.15) is 35.8 Å². The van der Waals surface area contributed by atoms with Crippen molar-refractivity contribution in [2.24, 2.45) is 17.1 Å². The lowest BCUT2D eigenvalue weighted by Crippen LogP contribution is -2.43. The zero-order chi connectivity index (χ0) is 20.4. The van der Waals surface area contributed by atoms with Crippen LogP contribution in [0, 0.1) is 45.3 Å². The highest BCUT2D eigenvalue weighted by molar-refractivity contribution is 5.59. The minimum atomic E-state index is -1.56. The van der Waals surface area contributed by atoms with Gasteiger partial charge in [-0.05, 0) is 41.4 Å². The topological polar surface area (TPSA) is 97.4 Å².